The summed E-state index contributed by atoms with van der Waals surface area (Å²) < 4.78 is 5.20. The van der Waals surface area contributed by atoms with Gasteiger partial charge >= 0.3 is 5.97 Å². The number of nitrogens with one attached hydrogen (secondary N) is 1. The molecule has 6 nitrogen and oxygen atoms in total. The van der Waals surface area contributed by atoms with Gasteiger partial charge in [-0.25, -0.2) is 0 Å². The van der Waals surface area contributed by atoms with Crippen LogP contribution in [0.4, 0.5) is 0 Å². The van der Waals surface area contributed by atoms with Crippen LogP contribution in [0.25, 0.3) is 0 Å². The minimum Gasteiger partial charge on any atom is -0.459 e. The van der Waals surface area contributed by atoms with Crippen molar-refractivity contribution < 1.29 is 14.3 Å². The van der Waals surface area contributed by atoms with Crippen LogP contribution in [0.3, 0.4) is 0 Å². The molecular formula is C17H27N3O3. The van der Waals surface area contributed by atoms with Gasteiger partial charge in [0.2, 0.25) is 5.91 Å². The highest BCUT2D eigenvalue weighted by molar-refractivity contribution is 5.82. The lowest BCUT2D eigenvalue weighted by Crippen LogP contribution is -2.46. The van der Waals surface area contributed by atoms with Crippen molar-refractivity contribution in [1.82, 2.24) is 15.2 Å². The highest BCUT2D eigenvalue weighted by Crippen LogP contribution is 2.06. The number of aromatic nitrogens is 1. The molecule has 128 valence electrons. The van der Waals surface area contributed by atoms with Crippen molar-refractivity contribution in [2.24, 2.45) is 0 Å². The molecule has 0 aliphatic heterocycles. The zero-order valence-corrected chi connectivity index (χ0v) is 14.6. The number of carbonyl (C=O) groups is 2. The predicted molar refractivity (Wildman–Crippen MR) is 88.9 cm³/mol. The summed E-state index contributed by atoms with van der Waals surface area (Å²) in [4.78, 5) is 29.8. The molecule has 0 bridgehead atoms. The van der Waals surface area contributed by atoms with Crippen molar-refractivity contribution in [2.75, 3.05) is 20.1 Å². The lowest BCUT2D eigenvalue weighted by Gasteiger charge is -2.23. The summed E-state index contributed by atoms with van der Waals surface area (Å²) >= 11 is 0. The van der Waals surface area contributed by atoms with Gasteiger partial charge in [0.15, 0.2) is 0 Å². The van der Waals surface area contributed by atoms with E-state index in [0.717, 1.165) is 5.69 Å². The molecule has 1 rings (SSSR count). The SMILES string of the molecule is C[C@H](NCC(=O)OC(C)(C)C)C(=O)N(C)CCc1ccccn1. The summed E-state index contributed by atoms with van der Waals surface area (Å²) in [5, 5.41) is 2.90. The van der Waals surface area contributed by atoms with E-state index in [-0.39, 0.29) is 18.4 Å². The van der Waals surface area contributed by atoms with Crippen LogP contribution in [0.15, 0.2) is 24.4 Å². The van der Waals surface area contributed by atoms with E-state index in [0.29, 0.717) is 13.0 Å². The molecule has 1 amide bonds. The van der Waals surface area contributed by atoms with Crippen LogP contribution in [0.1, 0.15) is 33.4 Å². The largest absolute Gasteiger partial charge is 0.459 e. The number of nitrogens with zero attached hydrogens (tertiary/aromatic N) is 2. The molecule has 0 unspecified atom stereocenters. The first-order valence-corrected chi connectivity index (χ1v) is 7.79. The summed E-state index contributed by atoms with van der Waals surface area (Å²) in [6.07, 6.45) is 2.43. The van der Waals surface area contributed by atoms with E-state index in [2.05, 4.69) is 10.3 Å². The van der Waals surface area contributed by atoms with Crippen molar-refractivity contribution in [3.8, 4) is 0 Å². The normalized spacial score (nSPS) is 12.6. The van der Waals surface area contributed by atoms with Crippen LogP contribution in [-0.2, 0) is 20.7 Å². The molecule has 0 saturated heterocycles. The maximum absolute atomic E-state index is 12.3. The van der Waals surface area contributed by atoms with E-state index in [1.54, 1.807) is 25.1 Å². The van der Waals surface area contributed by atoms with Gasteiger partial charge in [-0.2, -0.15) is 0 Å². The van der Waals surface area contributed by atoms with Gasteiger partial charge < -0.3 is 9.64 Å². The molecule has 6 heteroatoms. The Bertz CT molecular complexity index is 512. The second kappa shape index (κ2) is 8.62. The third-order valence-electron chi connectivity index (χ3n) is 3.15. The molecule has 0 aliphatic carbocycles. The molecule has 1 heterocycles. The van der Waals surface area contributed by atoms with E-state index < -0.39 is 11.6 Å². The highest BCUT2D eigenvalue weighted by Gasteiger charge is 2.20. The second-order valence-electron chi connectivity index (χ2n) is 6.52. The van der Waals surface area contributed by atoms with Gasteiger partial charge in [0, 0.05) is 31.9 Å². The van der Waals surface area contributed by atoms with Gasteiger partial charge in [-0.15, -0.1) is 0 Å². The zero-order valence-electron chi connectivity index (χ0n) is 14.6. The number of hydrogen-bond donors (Lipinski definition) is 1. The summed E-state index contributed by atoms with van der Waals surface area (Å²) in [6.45, 7) is 7.76. The Kier molecular flexibility index (Phi) is 7.16. The number of amides is 1. The summed E-state index contributed by atoms with van der Waals surface area (Å²) in [5.74, 6) is -0.433. The molecule has 1 N–H and O–H groups in total. The quantitative estimate of drug-likeness (QED) is 0.769. The molecule has 0 radical (unpaired) electrons. The lowest BCUT2D eigenvalue weighted by atomic mass is 10.2. The molecule has 23 heavy (non-hydrogen) atoms. The minimum atomic E-state index is -0.522. The van der Waals surface area contributed by atoms with Crippen LogP contribution >= 0.6 is 0 Å². The van der Waals surface area contributed by atoms with E-state index in [4.69, 9.17) is 4.74 Å². The number of hydrogen-bond acceptors (Lipinski definition) is 5. The van der Waals surface area contributed by atoms with Gasteiger partial charge in [0.1, 0.15) is 5.60 Å². The fourth-order valence-electron chi connectivity index (χ4n) is 1.97. The molecule has 0 spiro atoms. The smallest absolute Gasteiger partial charge is 0.320 e. The van der Waals surface area contributed by atoms with Crippen molar-refractivity contribution in [3.63, 3.8) is 0 Å². The standard InChI is InChI=1S/C17H27N3O3/c1-13(19-12-15(21)23-17(2,3)4)16(22)20(5)11-9-14-8-6-7-10-18-14/h6-8,10,13,19H,9,11-12H2,1-5H3/t13-/m0/s1. The topological polar surface area (TPSA) is 71.5 Å². The maximum Gasteiger partial charge on any atom is 0.320 e. The fraction of sp³-hybridized carbons (Fsp3) is 0.588. The lowest BCUT2D eigenvalue weighted by molar-refractivity contribution is -0.153. The van der Waals surface area contributed by atoms with Gasteiger partial charge in [0.05, 0.1) is 12.6 Å². The first-order chi connectivity index (χ1) is 10.7. The molecule has 1 aromatic heterocycles. The van der Waals surface area contributed by atoms with Gasteiger partial charge in [0.25, 0.3) is 0 Å². The maximum atomic E-state index is 12.3. The van der Waals surface area contributed by atoms with Crippen molar-refractivity contribution in [1.29, 1.82) is 0 Å². The average molecular weight is 321 g/mol. The number of ether oxygens (including phenoxy) is 1. The first kappa shape index (κ1) is 19.1. The summed E-state index contributed by atoms with van der Waals surface area (Å²) in [7, 11) is 1.75. The number of pyridine rings is 1. The Hall–Kier alpha value is -1.95. The third-order valence-corrected chi connectivity index (χ3v) is 3.15. The Labute approximate surface area is 138 Å². The van der Waals surface area contributed by atoms with Crippen LogP contribution in [0.5, 0.6) is 0 Å². The van der Waals surface area contributed by atoms with Crippen molar-refractivity contribution >= 4 is 11.9 Å². The minimum absolute atomic E-state index is 0.0122. The Morgan fingerprint density at radius 1 is 1.35 bits per heavy atom. The molecule has 0 saturated carbocycles. The summed E-state index contributed by atoms with van der Waals surface area (Å²) in [5.41, 5.74) is 0.424. The number of rotatable bonds is 7. The molecule has 0 aromatic carbocycles. The van der Waals surface area contributed by atoms with Crippen molar-refractivity contribution in [3.05, 3.63) is 30.1 Å². The number of esters is 1. The summed E-state index contributed by atoms with van der Waals surface area (Å²) in [6, 6.07) is 5.27. The van der Waals surface area contributed by atoms with Crippen molar-refractivity contribution in [2.45, 2.75) is 45.8 Å². The monoisotopic (exact) mass is 321 g/mol. The third kappa shape index (κ3) is 7.74. The van der Waals surface area contributed by atoms with Crippen LogP contribution in [0.2, 0.25) is 0 Å². The van der Waals surface area contributed by atoms with Crippen LogP contribution in [-0.4, -0.2) is 53.5 Å². The zero-order chi connectivity index (χ0) is 17.5. The molecule has 0 aliphatic rings. The molecular weight excluding hydrogens is 294 g/mol. The Morgan fingerprint density at radius 3 is 2.61 bits per heavy atom. The van der Waals surface area contributed by atoms with E-state index in [1.165, 1.54) is 0 Å². The average Bonchev–Trinajstić information content (AvgIpc) is 2.48. The van der Waals surface area contributed by atoms with E-state index in [9.17, 15) is 9.59 Å². The van der Waals surface area contributed by atoms with Crippen LogP contribution in [0, 0.1) is 0 Å². The first-order valence-electron chi connectivity index (χ1n) is 7.79. The number of likely N-dealkylation sites (N-methyl/N-ethyl adjacent to an activating group) is 1. The van der Waals surface area contributed by atoms with E-state index >= 15 is 0 Å². The van der Waals surface area contributed by atoms with E-state index in [1.807, 2.05) is 39.0 Å². The molecule has 1 aromatic rings. The molecule has 0 fully saturated rings. The van der Waals surface area contributed by atoms with Crippen LogP contribution < -0.4 is 5.32 Å². The van der Waals surface area contributed by atoms with Gasteiger partial charge in [-0.05, 0) is 39.8 Å². The Balaban J connectivity index is 2.36. The number of carbonyl (C=O) groups excluding carboxylic acids is 2. The highest BCUT2D eigenvalue weighted by atomic mass is 16.6. The van der Waals surface area contributed by atoms with Gasteiger partial charge in [-0.3, -0.25) is 19.9 Å². The Morgan fingerprint density at radius 2 is 2.04 bits per heavy atom. The second-order valence-corrected chi connectivity index (χ2v) is 6.52. The fourth-order valence-corrected chi connectivity index (χ4v) is 1.97. The molecule has 1 atom stereocenters. The van der Waals surface area contributed by atoms with Gasteiger partial charge in [-0.1, -0.05) is 6.07 Å². The predicted octanol–water partition coefficient (Wildman–Crippen LogP) is 1.40.